The summed E-state index contributed by atoms with van der Waals surface area (Å²) < 4.78 is 15.8. The number of carbonyl (C=O) groups is 1. The van der Waals surface area contributed by atoms with E-state index in [9.17, 15) is 4.79 Å². The van der Waals surface area contributed by atoms with Crippen molar-refractivity contribution in [2.45, 2.75) is 20.8 Å². The number of ether oxygens (including phenoxy) is 3. The van der Waals surface area contributed by atoms with Crippen molar-refractivity contribution in [1.82, 2.24) is 0 Å². The van der Waals surface area contributed by atoms with E-state index >= 15 is 0 Å². The molecule has 0 aliphatic heterocycles. The fourth-order valence-corrected chi connectivity index (χ4v) is 1.60. The number of benzene rings is 1. The van der Waals surface area contributed by atoms with E-state index in [2.05, 4.69) is 0 Å². The topological polar surface area (TPSA) is 44.8 Å². The third-order valence-electron chi connectivity index (χ3n) is 2.89. The lowest BCUT2D eigenvalue weighted by molar-refractivity contribution is -0.121. The lowest BCUT2D eigenvalue weighted by Crippen LogP contribution is -2.17. The highest BCUT2D eigenvalue weighted by molar-refractivity contribution is 5.97. The highest BCUT2D eigenvalue weighted by Crippen LogP contribution is 2.35. The van der Waals surface area contributed by atoms with Crippen molar-refractivity contribution in [1.29, 1.82) is 0 Å². The summed E-state index contributed by atoms with van der Waals surface area (Å²) >= 11 is 0. The maximum absolute atomic E-state index is 11.9. The monoisotopic (exact) mass is 278 g/mol. The predicted octanol–water partition coefficient (Wildman–Crippen LogP) is 3.34. The molecule has 0 heterocycles. The molecule has 4 heteroatoms. The third kappa shape index (κ3) is 3.76. The molecule has 0 radical (unpaired) electrons. The molecule has 4 nitrogen and oxygen atoms in total. The first-order valence-electron chi connectivity index (χ1n) is 6.36. The van der Waals surface area contributed by atoms with E-state index in [0.717, 1.165) is 5.56 Å². The van der Waals surface area contributed by atoms with Crippen LogP contribution in [0.15, 0.2) is 18.2 Å². The summed E-state index contributed by atoms with van der Waals surface area (Å²) in [4.78, 5) is 11.9. The van der Waals surface area contributed by atoms with Crippen LogP contribution in [-0.4, -0.2) is 27.1 Å². The minimum absolute atomic E-state index is 0.0503. The Morgan fingerprint density at radius 2 is 1.45 bits per heavy atom. The van der Waals surface area contributed by atoms with Crippen LogP contribution in [0.3, 0.4) is 0 Å². The van der Waals surface area contributed by atoms with Crippen LogP contribution >= 0.6 is 0 Å². The number of carbonyl (C=O) groups excluding carboxylic acids is 1. The zero-order valence-corrected chi connectivity index (χ0v) is 12.9. The van der Waals surface area contributed by atoms with Gasteiger partial charge in [0.1, 0.15) is 5.75 Å². The van der Waals surface area contributed by atoms with Gasteiger partial charge in [0.05, 0.1) is 21.3 Å². The van der Waals surface area contributed by atoms with Crippen LogP contribution in [0.1, 0.15) is 26.3 Å². The van der Waals surface area contributed by atoms with E-state index in [4.69, 9.17) is 14.2 Å². The molecule has 0 saturated carbocycles. The van der Waals surface area contributed by atoms with Gasteiger partial charge in [0.25, 0.3) is 0 Å². The van der Waals surface area contributed by atoms with E-state index in [1.54, 1.807) is 45.6 Å². The molecule has 0 spiro atoms. The summed E-state index contributed by atoms with van der Waals surface area (Å²) in [5, 5.41) is 0. The van der Waals surface area contributed by atoms with Gasteiger partial charge in [0.15, 0.2) is 17.3 Å². The molecule has 0 N–H and O–H groups in total. The molecular weight excluding hydrogens is 256 g/mol. The van der Waals surface area contributed by atoms with Crippen LogP contribution in [0.2, 0.25) is 0 Å². The minimum Gasteiger partial charge on any atom is -0.496 e. The molecule has 0 unspecified atom stereocenters. The fourth-order valence-electron chi connectivity index (χ4n) is 1.60. The second-order valence-corrected chi connectivity index (χ2v) is 5.40. The van der Waals surface area contributed by atoms with E-state index in [1.807, 2.05) is 20.8 Å². The summed E-state index contributed by atoms with van der Waals surface area (Å²) in [5.74, 6) is 1.86. The standard InChI is InChI=1S/C16H22O4/c1-16(2,3)15(17)8-7-11-9-13(19-5)14(20-6)10-12(11)18-4/h7-10H,1-6H3/b8-7+. The largest absolute Gasteiger partial charge is 0.496 e. The molecule has 1 aromatic rings. The number of methoxy groups -OCH3 is 3. The summed E-state index contributed by atoms with van der Waals surface area (Å²) in [6.45, 7) is 5.64. The maximum atomic E-state index is 11.9. The molecule has 20 heavy (non-hydrogen) atoms. The number of hydrogen-bond donors (Lipinski definition) is 0. The number of ketones is 1. The van der Waals surface area contributed by atoms with Gasteiger partial charge in [0, 0.05) is 17.0 Å². The molecule has 0 bridgehead atoms. The molecule has 0 fully saturated rings. The zero-order chi connectivity index (χ0) is 15.3. The molecule has 110 valence electrons. The molecule has 0 aromatic heterocycles. The minimum atomic E-state index is -0.402. The Morgan fingerprint density at radius 3 is 1.90 bits per heavy atom. The molecule has 0 saturated heterocycles. The van der Waals surface area contributed by atoms with Gasteiger partial charge >= 0.3 is 0 Å². The van der Waals surface area contributed by atoms with Gasteiger partial charge < -0.3 is 14.2 Å². The summed E-state index contributed by atoms with van der Waals surface area (Å²) in [6.07, 6.45) is 3.29. The summed E-state index contributed by atoms with van der Waals surface area (Å²) in [6, 6.07) is 3.52. The Hall–Kier alpha value is -1.97. The van der Waals surface area contributed by atoms with E-state index in [-0.39, 0.29) is 5.78 Å². The summed E-state index contributed by atoms with van der Waals surface area (Å²) in [7, 11) is 4.71. The van der Waals surface area contributed by atoms with Crippen LogP contribution in [-0.2, 0) is 4.79 Å². The second-order valence-electron chi connectivity index (χ2n) is 5.40. The van der Waals surface area contributed by atoms with Gasteiger partial charge in [-0.05, 0) is 18.2 Å². The number of allylic oxidation sites excluding steroid dienone is 1. The third-order valence-corrected chi connectivity index (χ3v) is 2.89. The summed E-state index contributed by atoms with van der Waals surface area (Å²) in [5.41, 5.74) is 0.364. The lowest BCUT2D eigenvalue weighted by Gasteiger charge is -2.14. The Balaban J connectivity index is 3.17. The van der Waals surface area contributed by atoms with Gasteiger partial charge in [0.2, 0.25) is 0 Å². The first-order chi connectivity index (χ1) is 9.33. The van der Waals surface area contributed by atoms with Crippen molar-refractivity contribution >= 4 is 11.9 Å². The Labute approximate surface area is 120 Å². The number of hydrogen-bond acceptors (Lipinski definition) is 4. The molecule has 0 aliphatic carbocycles. The molecule has 0 aliphatic rings. The van der Waals surface area contributed by atoms with E-state index in [1.165, 1.54) is 0 Å². The Morgan fingerprint density at radius 1 is 0.950 bits per heavy atom. The van der Waals surface area contributed by atoms with E-state index in [0.29, 0.717) is 17.2 Å². The van der Waals surface area contributed by atoms with Crippen molar-refractivity contribution < 1.29 is 19.0 Å². The predicted molar refractivity (Wildman–Crippen MR) is 79.6 cm³/mol. The molecule has 1 aromatic carbocycles. The van der Waals surface area contributed by atoms with Crippen molar-refractivity contribution in [3.05, 3.63) is 23.8 Å². The molecular formula is C16H22O4. The van der Waals surface area contributed by atoms with Crippen LogP contribution in [0.25, 0.3) is 6.08 Å². The average molecular weight is 278 g/mol. The molecule has 1 rings (SSSR count). The number of rotatable bonds is 5. The highest BCUT2D eigenvalue weighted by Gasteiger charge is 2.18. The van der Waals surface area contributed by atoms with Crippen molar-refractivity contribution in [3.8, 4) is 17.2 Å². The first kappa shape index (κ1) is 16.1. The smallest absolute Gasteiger partial charge is 0.164 e. The van der Waals surface area contributed by atoms with Crippen molar-refractivity contribution in [2.24, 2.45) is 5.41 Å². The maximum Gasteiger partial charge on any atom is 0.164 e. The molecule has 0 amide bonds. The molecule has 0 atom stereocenters. The van der Waals surface area contributed by atoms with Gasteiger partial charge in [-0.15, -0.1) is 0 Å². The zero-order valence-electron chi connectivity index (χ0n) is 12.9. The van der Waals surface area contributed by atoms with Crippen LogP contribution in [0, 0.1) is 5.41 Å². The highest BCUT2D eigenvalue weighted by atomic mass is 16.5. The Kier molecular flexibility index (Phi) is 5.19. The van der Waals surface area contributed by atoms with Crippen LogP contribution in [0.5, 0.6) is 17.2 Å². The normalized spacial score (nSPS) is 11.5. The average Bonchev–Trinajstić information content (AvgIpc) is 2.42. The first-order valence-corrected chi connectivity index (χ1v) is 6.36. The second kappa shape index (κ2) is 6.46. The fraction of sp³-hybridized carbons (Fsp3) is 0.438. The SMILES string of the molecule is COc1cc(OC)c(OC)cc1/C=C/C(=O)C(C)(C)C. The van der Waals surface area contributed by atoms with Crippen molar-refractivity contribution in [2.75, 3.05) is 21.3 Å². The van der Waals surface area contributed by atoms with Gasteiger partial charge in [-0.1, -0.05) is 20.8 Å². The van der Waals surface area contributed by atoms with E-state index < -0.39 is 5.41 Å². The van der Waals surface area contributed by atoms with Gasteiger partial charge in [-0.25, -0.2) is 0 Å². The van der Waals surface area contributed by atoms with Crippen LogP contribution < -0.4 is 14.2 Å². The van der Waals surface area contributed by atoms with Gasteiger partial charge in [-0.3, -0.25) is 4.79 Å². The van der Waals surface area contributed by atoms with Crippen LogP contribution in [0.4, 0.5) is 0 Å². The Bertz CT molecular complexity index is 510. The lowest BCUT2D eigenvalue weighted by atomic mass is 9.90. The quantitative estimate of drug-likeness (QED) is 0.775. The van der Waals surface area contributed by atoms with Gasteiger partial charge in [-0.2, -0.15) is 0 Å². The van der Waals surface area contributed by atoms with Crippen molar-refractivity contribution in [3.63, 3.8) is 0 Å².